The molecule has 4 nitrogen and oxygen atoms in total. The SMILES string of the molecule is C[C@H](OC(=O)c1ccc2ccccc2c1)C(=O)N[C@H]1CCCc2ccccc21. The number of ether oxygens (including phenoxy) is 1. The largest absolute Gasteiger partial charge is 0.449 e. The van der Waals surface area contributed by atoms with Gasteiger partial charge >= 0.3 is 5.97 Å². The summed E-state index contributed by atoms with van der Waals surface area (Å²) in [5.74, 6) is -0.756. The van der Waals surface area contributed by atoms with Gasteiger partial charge in [0.25, 0.3) is 5.91 Å². The summed E-state index contributed by atoms with van der Waals surface area (Å²) >= 11 is 0. The lowest BCUT2D eigenvalue weighted by Crippen LogP contribution is -2.39. The first kappa shape index (κ1) is 18.2. The van der Waals surface area contributed by atoms with Gasteiger partial charge in [0, 0.05) is 0 Å². The molecule has 0 spiro atoms. The molecule has 0 radical (unpaired) electrons. The molecule has 2 atom stereocenters. The molecule has 4 rings (SSSR count). The highest BCUT2D eigenvalue weighted by atomic mass is 16.5. The van der Waals surface area contributed by atoms with Crippen molar-refractivity contribution >= 4 is 22.6 Å². The van der Waals surface area contributed by atoms with Crippen LogP contribution >= 0.6 is 0 Å². The van der Waals surface area contributed by atoms with Gasteiger partial charge in [-0.2, -0.15) is 0 Å². The number of rotatable bonds is 4. The molecular formula is C24H23NO3. The Morgan fingerprint density at radius 3 is 2.61 bits per heavy atom. The van der Waals surface area contributed by atoms with Crippen LogP contribution < -0.4 is 5.32 Å². The molecular weight excluding hydrogens is 350 g/mol. The fraction of sp³-hybridized carbons (Fsp3) is 0.250. The first-order chi connectivity index (χ1) is 13.6. The Morgan fingerprint density at radius 2 is 1.75 bits per heavy atom. The van der Waals surface area contributed by atoms with E-state index in [1.165, 1.54) is 5.56 Å². The molecule has 0 bridgehead atoms. The summed E-state index contributed by atoms with van der Waals surface area (Å²) in [5, 5.41) is 5.07. The van der Waals surface area contributed by atoms with Crippen molar-refractivity contribution in [1.82, 2.24) is 5.32 Å². The van der Waals surface area contributed by atoms with Gasteiger partial charge in [-0.05, 0) is 60.2 Å². The number of hydrogen-bond donors (Lipinski definition) is 1. The quantitative estimate of drug-likeness (QED) is 0.681. The molecule has 0 saturated heterocycles. The van der Waals surface area contributed by atoms with Crippen LogP contribution in [-0.4, -0.2) is 18.0 Å². The number of nitrogens with one attached hydrogen (secondary N) is 1. The number of carbonyl (C=O) groups excluding carboxylic acids is 2. The number of fused-ring (bicyclic) bond motifs is 2. The van der Waals surface area contributed by atoms with Crippen LogP contribution in [0.25, 0.3) is 10.8 Å². The van der Waals surface area contributed by atoms with Crippen LogP contribution in [-0.2, 0) is 16.0 Å². The van der Waals surface area contributed by atoms with Crippen LogP contribution in [0.4, 0.5) is 0 Å². The van der Waals surface area contributed by atoms with Crippen LogP contribution in [0.5, 0.6) is 0 Å². The molecule has 28 heavy (non-hydrogen) atoms. The zero-order valence-corrected chi connectivity index (χ0v) is 15.9. The predicted molar refractivity (Wildman–Crippen MR) is 109 cm³/mol. The van der Waals surface area contributed by atoms with Gasteiger partial charge in [0.1, 0.15) is 0 Å². The van der Waals surface area contributed by atoms with Gasteiger partial charge < -0.3 is 10.1 Å². The van der Waals surface area contributed by atoms with Crippen LogP contribution in [0.1, 0.15) is 47.3 Å². The van der Waals surface area contributed by atoms with Gasteiger partial charge in [0.15, 0.2) is 6.10 Å². The van der Waals surface area contributed by atoms with Crippen LogP contribution in [0.15, 0.2) is 66.7 Å². The lowest BCUT2D eigenvalue weighted by Gasteiger charge is -2.27. The number of amides is 1. The van der Waals surface area contributed by atoms with Crippen molar-refractivity contribution in [3.8, 4) is 0 Å². The molecule has 0 heterocycles. The molecule has 3 aromatic rings. The number of benzene rings is 3. The summed E-state index contributed by atoms with van der Waals surface area (Å²) in [4.78, 5) is 25.1. The van der Waals surface area contributed by atoms with Crippen molar-refractivity contribution in [2.75, 3.05) is 0 Å². The van der Waals surface area contributed by atoms with E-state index < -0.39 is 12.1 Å². The molecule has 1 amide bonds. The summed E-state index contributed by atoms with van der Waals surface area (Å²) in [5.41, 5.74) is 2.89. The lowest BCUT2D eigenvalue weighted by atomic mass is 9.87. The molecule has 3 aromatic carbocycles. The number of carbonyl (C=O) groups is 2. The Kier molecular flexibility index (Phi) is 5.11. The second-order valence-electron chi connectivity index (χ2n) is 7.26. The minimum atomic E-state index is -0.854. The summed E-state index contributed by atoms with van der Waals surface area (Å²) in [7, 11) is 0. The molecule has 0 saturated carbocycles. The van der Waals surface area contributed by atoms with E-state index in [1.807, 2.05) is 42.5 Å². The average molecular weight is 373 g/mol. The third-order valence-corrected chi connectivity index (χ3v) is 5.32. The molecule has 1 aliphatic carbocycles. The van der Waals surface area contributed by atoms with Gasteiger partial charge in [-0.3, -0.25) is 4.79 Å². The second kappa shape index (κ2) is 7.85. The van der Waals surface area contributed by atoms with Crippen LogP contribution in [0.2, 0.25) is 0 Å². The van der Waals surface area contributed by atoms with Crippen molar-refractivity contribution in [1.29, 1.82) is 0 Å². The molecule has 0 aromatic heterocycles. The van der Waals surface area contributed by atoms with Crippen molar-refractivity contribution < 1.29 is 14.3 Å². The highest BCUT2D eigenvalue weighted by molar-refractivity contribution is 5.96. The summed E-state index contributed by atoms with van der Waals surface area (Å²) in [6, 6.07) is 21.4. The highest BCUT2D eigenvalue weighted by Gasteiger charge is 2.25. The first-order valence-electron chi connectivity index (χ1n) is 9.70. The maximum Gasteiger partial charge on any atom is 0.338 e. The lowest BCUT2D eigenvalue weighted by molar-refractivity contribution is -0.130. The molecule has 1 N–H and O–H groups in total. The third-order valence-electron chi connectivity index (χ3n) is 5.32. The van der Waals surface area contributed by atoms with Crippen molar-refractivity contribution in [3.63, 3.8) is 0 Å². The molecule has 4 heteroatoms. The van der Waals surface area contributed by atoms with Gasteiger partial charge in [-0.25, -0.2) is 4.79 Å². The van der Waals surface area contributed by atoms with E-state index in [-0.39, 0.29) is 11.9 Å². The monoisotopic (exact) mass is 373 g/mol. The number of aryl methyl sites for hydroxylation is 1. The van der Waals surface area contributed by atoms with E-state index in [0.717, 1.165) is 35.6 Å². The maximum absolute atomic E-state index is 12.6. The zero-order chi connectivity index (χ0) is 19.5. The molecule has 0 fully saturated rings. The normalized spacial score (nSPS) is 16.8. The van der Waals surface area contributed by atoms with Gasteiger partial charge in [-0.15, -0.1) is 0 Å². The second-order valence-corrected chi connectivity index (χ2v) is 7.26. The van der Waals surface area contributed by atoms with E-state index in [4.69, 9.17) is 4.74 Å². The van der Waals surface area contributed by atoms with E-state index in [1.54, 1.807) is 19.1 Å². The Labute approximate surface area is 164 Å². The summed E-state index contributed by atoms with van der Waals surface area (Å²) < 4.78 is 5.43. The van der Waals surface area contributed by atoms with Crippen molar-refractivity contribution in [2.45, 2.75) is 38.3 Å². The van der Waals surface area contributed by atoms with Crippen LogP contribution in [0.3, 0.4) is 0 Å². The summed E-state index contributed by atoms with van der Waals surface area (Å²) in [6.07, 6.45) is 2.11. The van der Waals surface area contributed by atoms with Gasteiger partial charge in [0.2, 0.25) is 0 Å². The Balaban J connectivity index is 1.42. The first-order valence-corrected chi connectivity index (χ1v) is 9.70. The van der Waals surface area contributed by atoms with E-state index in [9.17, 15) is 9.59 Å². The zero-order valence-electron chi connectivity index (χ0n) is 15.9. The summed E-state index contributed by atoms with van der Waals surface area (Å²) in [6.45, 7) is 1.61. The standard InChI is InChI=1S/C24H23NO3/c1-16(23(26)25-22-12-6-10-18-8-4-5-11-21(18)22)28-24(27)20-14-13-17-7-2-3-9-19(17)15-20/h2-5,7-9,11,13-16,22H,6,10,12H2,1H3,(H,25,26)/t16-,22-/m0/s1. The van der Waals surface area contributed by atoms with Crippen LogP contribution in [0, 0.1) is 0 Å². The Morgan fingerprint density at radius 1 is 1.00 bits per heavy atom. The van der Waals surface area contributed by atoms with Gasteiger partial charge in [-0.1, -0.05) is 54.6 Å². The Bertz CT molecular complexity index is 1030. The van der Waals surface area contributed by atoms with Gasteiger partial charge in [0.05, 0.1) is 11.6 Å². The van der Waals surface area contributed by atoms with Crippen molar-refractivity contribution in [3.05, 3.63) is 83.4 Å². The minimum absolute atomic E-state index is 0.0285. The highest BCUT2D eigenvalue weighted by Crippen LogP contribution is 2.29. The van der Waals surface area contributed by atoms with E-state index >= 15 is 0 Å². The smallest absolute Gasteiger partial charge is 0.338 e. The number of esters is 1. The minimum Gasteiger partial charge on any atom is -0.449 e. The Hall–Kier alpha value is -3.14. The van der Waals surface area contributed by atoms with E-state index in [2.05, 4.69) is 17.4 Å². The molecule has 142 valence electrons. The predicted octanol–water partition coefficient (Wildman–Crippen LogP) is 4.58. The molecule has 0 aliphatic heterocycles. The fourth-order valence-corrected chi connectivity index (χ4v) is 3.79. The topological polar surface area (TPSA) is 55.4 Å². The fourth-order valence-electron chi connectivity index (χ4n) is 3.79. The molecule has 0 unspecified atom stereocenters. The van der Waals surface area contributed by atoms with E-state index in [0.29, 0.717) is 5.56 Å². The maximum atomic E-state index is 12.6. The molecule has 1 aliphatic rings. The third kappa shape index (κ3) is 3.77. The average Bonchev–Trinajstić information content (AvgIpc) is 2.73. The van der Waals surface area contributed by atoms with Crippen molar-refractivity contribution in [2.24, 2.45) is 0 Å². The number of hydrogen-bond acceptors (Lipinski definition) is 3.